The first-order valence-corrected chi connectivity index (χ1v) is 8.48. The van der Waals surface area contributed by atoms with Gasteiger partial charge in [-0.1, -0.05) is 25.0 Å². The Morgan fingerprint density at radius 3 is 2.24 bits per heavy atom. The van der Waals surface area contributed by atoms with Gasteiger partial charge >= 0.3 is 0 Å². The first kappa shape index (κ1) is 16.1. The van der Waals surface area contributed by atoms with Crippen LogP contribution in [0, 0.1) is 0 Å². The molecule has 0 aromatic heterocycles. The number of hydrogen-bond donors (Lipinski definition) is 1. The van der Waals surface area contributed by atoms with Gasteiger partial charge in [-0.3, -0.25) is 4.79 Å². The lowest BCUT2D eigenvalue weighted by atomic mass is 10.0. The zero-order valence-electron chi connectivity index (χ0n) is 12.4. The van der Waals surface area contributed by atoms with Crippen molar-refractivity contribution in [1.29, 1.82) is 0 Å². The molecule has 5 nitrogen and oxygen atoms in total. The van der Waals surface area contributed by atoms with Crippen molar-refractivity contribution in [3.8, 4) is 0 Å². The van der Waals surface area contributed by atoms with Crippen LogP contribution in [0.2, 0.25) is 0 Å². The van der Waals surface area contributed by atoms with Crippen molar-refractivity contribution in [2.75, 3.05) is 13.6 Å². The summed E-state index contributed by atoms with van der Waals surface area (Å²) in [4.78, 5) is 11.4. The van der Waals surface area contributed by atoms with E-state index >= 15 is 0 Å². The van der Waals surface area contributed by atoms with Crippen LogP contribution in [0.1, 0.15) is 43.0 Å². The van der Waals surface area contributed by atoms with Gasteiger partial charge in [0.2, 0.25) is 10.0 Å². The van der Waals surface area contributed by atoms with E-state index < -0.39 is 15.6 Å². The number of sulfonamides is 1. The van der Waals surface area contributed by atoms with E-state index in [1.54, 1.807) is 0 Å². The fourth-order valence-corrected chi connectivity index (χ4v) is 3.98. The molecule has 1 aliphatic carbocycles. The highest BCUT2D eigenvalue weighted by molar-refractivity contribution is 7.89. The molecule has 2 rings (SSSR count). The Bertz CT molecular complexity index is 616. The van der Waals surface area contributed by atoms with Gasteiger partial charge in [-0.25, -0.2) is 8.42 Å². The quantitative estimate of drug-likeness (QED) is 0.842. The Hall–Kier alpha value is -1.24. The van der Waals surface area contributed by atoms with E-state index in [2.05, 4.69) is 0 Å². The molecule has 0 aliphatic heterocycles. The van der Waals surface area contributed by atoms with E-state index in [0.717, 1.165) is 12.8 Å². The lowest BCUT2D eigenvalue weighted by Crippen LogP contribution is -2.41. The molecular weight excluding hydrogens is 290 g/mol. The van der Waals surface area contributed by atoms with Crippen LogP contribution in [-0.2, 0) is 10.0 Å². The largest absolute Gasteiger partial charge is 0.389 e. The molecule has 0 radical (unpaired) electrons. The summed E-state index contributed by atoms with van der Waals surface area (Å²) < 4.78 is 26.1. The molecule has 1 aromatic carbocycles. The van der Waals surface area contributed by atoms with Gasteiger partial charge in [-0.05, 0) is 31.9 Å². The number of benzene rings is 1. The monoisotopic (exact) mass is 311 g/mol. The summed E-state index contributed by atoms with van der Waals surface area (Å²) in [6.07, 6.45) is 3.13. The Morgan fingerprint density at radius 1 is 1.24 bits per heavy atom. The molecule has 1 aromatic rings. The molecule has 0 unspecified atom stereocenters. The van der Waals surface area contributed by atoms with Crippen molar-refractivity contribution in [2.45, 2.75) is 43.1 Å². The number of rotatable bonds is 5. The molecule has 0 spiro atoms. The predicted molar refractivity (Wildman–Crippen MR) is 79.7 cm³/mol. The predicted octanol–water partition coefficient (Wildman–Crippen LogP) is 1.81. The third-order valence-corrected chi connectivity index (χ3v) is 5.84. The molecule has 1 saturated carbocycles. The Balaban J connectivity index is 2.18. The number of carbonyl (C=O) groups excluding carboxylic acids is 1. The van der Waals surface area contributed by atoms with E-state index in [9.17, 15) is 18.3 Å². The van der Waals surface area contributed by atoms with Gasteiger partial charge in [0.15, 0.2) is 5.78 Å². The number of aliphatic hydroxyl groups is 1. The zero-order valence-corrected chi connectivity index (χ0v) is 13.2. The summed E-state index contributed by atoms with van der Waals surface area (Å²) >= 11 is 0. The van der Waals surface area contributed by atoms with Crippen LogP contribution in [0.5, 0.6) is 0 Å². The SMILES string of the molecule is CC(=O)c1ccc(S(=O)(=O)N(C)CC2(O)CCCC2)cc1. The molecule has 0 saturated heterocycles. The Morgan fingerprint density at radius 2 is 1.76 bits per heavy atom. The Labute approximate surface area is 125 Å². The molecule has 0 bridgehead atoms. The molecule has 6 heteroatoms. The van der Waals surface area contributed by atoms with Crippen molar-refractivity contribution in [2.24, 2.45) is 0 Å². The fourth-order valence-electron chi connectivity index (χ4n) is 2.73. The minimum Gasteiger partial charge on any atom is -0.389 e. The molecule has 1 N–H and O–H groups in total. The van der Waals surface area contributed by atoms with E-state index in [1.165, 1.54) is 42.5 Å². The number of likely N-dealkylation sites (N-methyl/N-ethyl adjacent to an activating group) is 1. The van der Waals surface area contributed by atoms with Crippen LogP contribution in [-0.4, -0.2) is 42.8 Å². The highest BCUT2D eigenvalue weighted by Crippen LogP contribution is 2.31. The van der Waals surface area contributed by atoms with Crippen LogP contribution in [0.25, 0.3) is 0 Å². The third-order valence-electron chi connectivity index (χ3n) is 4.02. The molecule has 0 atom stereocenters. The first-order chi connectivity index (χ1) is 9.74. The fraction of sp³-hybridized carbons (Fsp3) is 0.533. The highest BCUT2D eigenvalue weighted by Gasteiger charge is 2.35. The minimum atomic E-state index is -3.65. The first-order valence-electron chi connectivity index (χ1n) is 7.04. The maximum atomic E-state index is 12.5. The van der Waals surface area contributed by atoms with Gasteiger partial charge in [-0.2, -0.15) is 4.31 Å². The molecule has 1 fully saturated rings. The van der Waals surface area contributed by atoms with Crippen LogP contribution < -0.4 is 0 Å². The topological polar surface area (TPSA) is 74.7 Å². The average Bonchev–Trinajstić information content (AvgIpc) is 2.85. The second-order valence-corrected chi connectivity index (χ2v) is 7.82. The zero-order chi connectivity index (χ0) is 15.7. The van der Waals surface area contributed by atoms with Gasteiger partial charge in [0, 0.05) is 19.2 Å². The van der Waals surface area contributed by atoms with Crippen LogP contribution in [0.3, 0.4) is 0 Å². The van der Waals surface area contributed by atoms with Crippen molar-refractivity contribution in [3.05, 3.63) is 29.8 Å². The second kappa shape index (κ2) is 5.87. The van der Waals surface area contributed by atoms with E-state index in [0.29, 0.717) is 18.4 Å². The summed E-state index contributed by atoms with van der Waals surface area (Å²) in [5.74, 6) is -0.104. The van der Waals surface area contributed by atoms with Crippen LogP contribution >= 0.6 is 0 Å². The van der Waals surface area contributed by atoms with Crippen molar-refractivity contribution < 1.29 is 18.3 Å². The molecule has 0 heterocycles. The summed E-state index contributed by atoms with van der Waals surface area (Å²) in [5, 5.41) is 10.3. The van der Waals surface area contributed by atoms with Gasteiger partial charge < -0.3 is 5.11 Å². The molecule has 21 heavy (non-hydrogen) atoms. The second-order valence-electron chi connectivity index (χ2n) is 5.77. The number of nitrogens with zero attached hydrogens (tertiary/aromatic N) is 1. The number of hydrogen-bond acceptors (Lipinski definition) is 4. The average molecular weight is 311 g/mol. The molecule has 116 valence electrons. The molecule has 0 amide bonds. The summed E-state index contributed by atoms with van der Waals surface area (Å²) in [5.41, 5.74) is -0.438. The Kier molecular flexibility index (Phi) is 4.51. The maximum Gasteiger partial charge on any atom is 0.242 e. The summed E-state index contributed by atoms with van der Waals surface area (Å²) in [7, 11) is -2.17. The molecular formula is C15H21NO4S. The standard InChI is InChI=1S/C15H21NO4S/c1-12(17)13-5-7-14(8-6-13)21(19,20)16(2)11-15(18)9-3-4-10-15/h5-8,18H,3-4,9-11H2,1-2H3. The van der Waals surface area contributed by atoms with Crippen molar-refractivity contribution in [1.82, 2.24) is 4.31 Å². The van der Waals surface area contributed by atoms with Crippen molar-refractivity contribution >= 4 is 15.8 Å². The number of Topliss-reactive ketones (excluding diaryl/α,β-unsaturated/α-hetero) is 1. The van der Waals surface area contributed by atoms with E-state index in [1.807, 2.05) is 0 Å². The summed E-state index contributed by atoms with van der Waals surface area (Å²) in [6.45, 7) is 1.54. The van der Waals surface area contributed by atoms with Gasteiger partial charge in [0.05, 0.1) is 10.5 Å². The van der Waals surface area contributed by atoms with Crippen LogP contribution in [0.4, 0.5) is 0 Å². The normalized spacial score (nSPS) is 18.1. The molecule has 1 aliphatic rings. The van der Waals surface area contributed by atoms with E-state index in [-0.39, 0.29) is 17.2 Å². The maximum absolute atomic E-state index is 12.5. The van der Waals surface area contributed by atoms with Crippen molar-refractivity contribution in [3.63, 3.8) is 0 Å². The smallest absolute Gasteiger partial charge is 0.242 e. The third kappa shape index (κ3) is 3.51. The number of carbonyl (C=O) groups is 1. The minimum absolute atomic E-state index is 0.101. The van der Waals surface area contributed by atoms with Gasteiger partial charge in [0.25, 0.3) is 0 Å². The highest BCUT2D eigenvalue weighted by atomic mass is 32.2. The van der Waals surface area contributed by atoms with E-state index in [4.69, 9.17) is 0 Å². The van der Waals surface area contributed by atoms with Gasteiger partial charge in [-0.15, -0.1) is 0 Å². The van der Waals surface area contributed by atoms with Gasteiger partial charge in [0.1, 0.15) is 0 Å². The lowest BCUT2D eigenvalue weighted by molar-refractivity contribution is 0.0333. The summed E-state index contributed by atoms with van der Waals surface area (Å²) in [6, 6.07) is 5.88. The van der Waals surface area contributed by atoms with Crippen LogP contribution in [0.15, 0.2) is 29.2 Å². The number of ketones is 1. The lowest BCUT2D eigenvalue weighted by Gasteiger charge is -2.28.